The summed E-state index contributed by atoms with van der Waals surface area (Å²) in [4.78, 5) is 14.0. The molecule has 0 spiro atoms. The first-order chi connectivity index (χ1) is 9.49. The summed E-state index contributed by atoms with van der Waals surface area (Å²) < 4.78 is 5.35. The quantitative estimate of drug-likeness (QED) is 0.833. The number of ether oxygens (including phenoxy) is 1. The summed E-state index contributed by atoms with van der Waals surface area (Å²) in [5, 5.41) is 0. The Bertz CT molecular complexity index is 446. The van der Waals surface area contributed by atoms with Crippen LogP contribution in [0.15, 0.2) is 18.2 Å². The fourth-order valence-corrected chi connectivity index (χ4v) is 2.29. The number of benzene rings is 1. The largest absolute Gasteiger partial charge is 0.496 e. The lowest BCUT2D eigenvalue weighted by atomic mass is 10.0. The molecule has 0 heterocycles. The molecule has 1 atom stereocenters. The van der Waals surface area contributed by atoms with Crippen molar-refractivity contribution in [3.63, 3.8) is 0 Å². The minimum atomic E-state index is 0.0133. The number of aryl methyl sites for hydroxylation is 1. The van der Waals surface area contributed by atoms with Crippen molar-refractivity contribution >= 4 is 5.91 Å². The molecule has 1 aromatic carbocycles. The Morgan fingerprint density at radius 2 is 2.15 bits per heavy atom. The van der Waals surface area contributed by atoms with E-state index in [1.165, 1.54) is 0 Å². The Morgan fingerprint density at radius 1 is 1.45 bits per heavy atom. The van der Waals surface area contributed by atoms with Gasteiger partial charge in [-0.15, -0.1) is 0 Å². The van der Waals surface area contributed by atoms with E-state index in [-0.39, 0.29) is 11.8 Å². The highest BCUT2D eigenvalue weighted by atomic mass is 16.5. The second kappa shape index (κ2) is 7.90. The maximum absolute atomic E-state index is 12.3. The summed E-state index contributed by atoms with van der Waals surface area (Å²) in [6.45, 7) is 5.19. The number of carbonyl (C=O) groups excluding carboxylic acids is 1. The maximum Gasteiger partial charge on any atom is 0.225 e. The van der Waals surface area contributed by atoms with Gasteiger partial charge in [0.25, 0.3) is 0 Å². The molecule has 0 aliphatic carbocycles. The van der Waals surface area contributed by atoms with Crippen LogP contribution in [0, 0.1) is 12.8 Å². The van der Waals surface area contributed by atoms with Crippen LogP contribution in [0.25, 0.3) is 0 Å². The molecule has 1 unspecified atom stereocenters. The van der Waals surface area contributed by atoms with Crippen LogP contribution in [0.1, 0.15) is 30.9 Å². The first-order valence-electron chi connectivity index (χ1n) is 7.08. The second-order valence-corrected chi connectivity index (χ2v) is 5.34. The van der Waals surface area contributed by atoms with Crippen molar-refractivity contribution in [3.8, 4) is 5.75 Å². The van der Waals surface area contributed by atoms with Gasteiger partial charge in [0.2, 0.25) is 5.91 Å². The van der Waals surface area contributed by atoms with Gasteiger partial charge in [-0.25, -0.2) is 0 Å². The third kappa shape index (κ3) is 4.53. The fraction of sp³-hybridized carbons (Fsp3) is 0.562. The van der Waals surface area contributed by atoms with E-state index in [1.54, 1.807) is 12.0 Å². The Balaban J connectivity index is 2.72. The highest BCUT2D eigenvalue weighted by Gasteiger charge is 2.18. The number of hydrogen-bond donors (Lipinski definition) is 1. The molecule has 0 bridgehead atoms. The van der Waals surface area contributed by atoms with E-state index in [1.807, 2.05) is 33.0 Å². The molecule has 0 fully saturated rings. The molecule has 1 amide bonds. The minimum Gasteiger partial charge on any atom is -0.496 e. The van der Waals surface area contributed by atoms with Crippen LogP contribution in [-0.4, -0.2) is 31.5 Å². The standard InChI is InChI=1S/C16H26N2O2/c1-12-7-8-15(20-4)14(10-12)11-18(3)16(19)13(2)6-5-9-17/h7-8,10,13H,5-6,9,11,17H2,1-4H3. The SMILES string of the molecule is COc1ccc(C)cc1CN(C)C(=O)C(C)CCCN. The summed E-state index contributed by atoms with van der Waals surface area (Å²) in [7, 11) is 3.49. The molecule has 0 radical (unpaired) electrons. The van der Waals surface area contributed by atoms with Gasteiger partial charge in [-0.3, -0.25) is 4.79 Å². The van der Waals surface area contributed by atoms with E-state index in [0.717, 1.165) is 29.7 Å². The van der Waals surface area contributed by atoms with Crippen molar-refractivity contribution in [2.24, 2.45) is 11.7 Å². The normalized spacial score (nSPS) is 12.1. The van der Waals surface area contributed by atoms with E-state index in [0.29, 0.717) is 13.1 Å². The highest BCUT2D eigenvalue weighted by Crippen LogP contribution is 2.22. The topological polar surface area (TPSA) is 55.6 Å². The number of nitrogens with two attached hydrogens (primary N) is 1. The van der Waals surface area contributed by atoms with Crippen LogP contribution < -0.4 is 10.5 Å². The molecular formula is C16H26N2O2. The molecule has 0 aromatic heterocycles. The van der Waals surface area contributed by atoms with E-state index in [4.69, 9.17) is 10.5 Å². The number of rotatable bonds is 7. The number of carbonyl (C=O) groups is 1. The monoisotopic (exact) mass is 278 g/mol. The summed E-state index contributed by atoms with van der Waals surface area (Å²) in [5.74, 6) is 0.992. The van der Waals surface area contributed by atoms with E-state index in [9.17, 15) is 4.79 Å². The molecule has 0 saturated carbocycles. The summed E-state index contributed by atoms with van der Waals surface area (Å²) in [5.41, 5.74) is 7.69. The Kier molecular flexibility index (Phi) is 6.52. The highest BCUT2D eigenvalue weighted by molar-refractivity contribution is 5.78. The minimum absolute atomic E-state index is 0.0133. The zero-order valence-corrected chi connectivity index (χ0v) is 13.0. The number of methoxy groups -OCH3 is 1. The Hall–Kier alpha value is -1.55. The van der Waals surface area contributed by atoms with Crippen LogP contribution in [0.2, 0.25) is 0 Å². The molecule has 1 rings (SSSR count). The molecule has 1 aromatic rings. The van der Waals surface area contributed by atoms with Gasteiger partial charge >= 0.3 is 0 Å². The van der Waals surface area contributed by atoms with Crippen molar-refractivity contribution in [1.29, 1.82) is 0 Å². The van der Waals surface area contributed by atoms with E-state index < -0.39 is 0 Å². The predicted molar refractivity (Wildman–Crippen MR) is 81.7 cm³/mol. The Labute approximate surface area is 121 Å². The molecule has 4 heteroatoms. The van der Waals surface area contributed by atoms with Crippen LogP contribution in [-0.2, 0) is 11.3 Å². The Morgan fingerprint density at radius 3 is 2.75 bits per heavy atom. The second-order valence-electron chi connectivity index (χ2n) is 5.34. The van der Waals surface area contributed by atoms with Gasteiger partial charge in [0.15, 0.2) is 0 Å². The molecule has 0 aliphatic heterocycles. The predicted octanol–water partition coefficient (Wildman–Crippen LogP) is 2.34. The zero-order valence-electron chi connectivity index (χ0n) is 13.0. The fourth-order valence-electron chi connectivity index (χ4n) is 2.29. The van der Waals surface area contributed by atoms with Crippen molar-refractivity contribution in [2.75, 3.05) is 20.7 Å². The van der Waals surface area contributed by atoms with Gasteiger partial charge in [-0.1, -0.05) is 24.6 Å². The molecular weight excluding hydrogens is 252 g/mol. The molecule has 0 aliphatic rings. The average Bonchev–Trinajstić information content (AvgIpc) is 2.44. The maximum atomic E-state index is 12.3. The van der Waals surface area contributed by atoms with Gasteiger partial charge in [0, 0.05) is 25.1 Å². The molecule has 112 valence electrons. The number of hydrogen-bond acceptors (Lipinski definition) is 3. The van der Waals surface area contributed by atoms with Gasteiger partial charge in [0.05, 0.1) is 7.11 Å². The number of nitrogens with zero attached hydrogens (tertiary/aromatic N) is 1. The summed E-state index contributed by atoms with van der Waals surface area (Å²) >= 11 is 0. The lowest BCUT2D eigenvalue weighted by Crippen LogP contribution is -2.31. The lowest BCUT2D eigenvalue weighted by Gasteiger charge is -2.22. The molecule has 0 saturated heterocycles. The third-order valence-corrected chi connectivity index (χ3v) is 3.48. The first kappa shape index (κ1) is 16.5. The van der Waals surface area contributed by atoms with E-state index >= 15 is 0 Å². The van der Waals surface area contributed by atoms with Gasteiger partial charge in [-0.05, 0) is 32.4 Å². The van der Waals surface area contributed by atoms with Gasteiger partial charge in [0.1, 0.15) is 5.75 Å². The zero-order chi connectivity index (χ0) is 15.1. The lowest BCUT2D eigenvalue weighted by molar-refractivity contribution is -0.134. The summed E-state index contributed by atoms with van der Waals surface area (Å²) in [6.07, 6.45) is 1.72. The average molecular weight is 278 g/mol. The van der Waals surface area contributed by atoms with Crippen molar-refractivity contribution < 1.29 is 9.53 Å². The number of amides is 1. The van der Waals surface area contributed by atoms with Crippen molar-refractivity contribution in [1.82, 2.24) is 4.90 Å². The van der Waals surface area contributed by atoms with Crippen LogP contribution >= 0.6 is 0 Å². The van der Waals surface area contributed by atoms with Crippen molar-refractivity contribution in [3.05, 3.63) is 29.3 Å². The smallest absolute Gasteiger partial charge is 0.225 e. The van der Waals surface area contributed by atoms with Crippen LogP contribution in [0.4, 0.5) is 0 Å². The van der Waals surface area contributed by atoms with Gasteiger partial charge in [-0.2, -0.15) is 0 Å². The van der Waals surface area contributed by atoms with Crippen LogP contribution in [0.5, 0.6) is 5.75 Å². The van der Waals surface area contributed by atoms with E-state index in [2.05, 4.69) is 6.07 Å². The van der Waals surface area contributed by atoms with Crippen molar-refractivity contribution in [2.45, 2.75) is 33.2 Å². The first-order valence-corrected chi connectivity index (χ1v) is 7.08. The molecule has 20 heavy (non-hydrogen) atoms. The van der Waals surface area contributed by atoms with Gasteiger partial charge < -0.3 is 15.4 Å². The molecule has 2 N–H and O–H groups in total. The van der Waals surface area contributed by atoms with Crippen LogP contribution in [0.3, 0.4) is 0 Å². The summed E-state index contributed by atoms with van der Waals surface area (Å²) in [6, 6.07) is 6.02. The molecule has 4 nitrogen and oxygen atoms in total. The third-order valence-electron chi connectivity index (χ3n) is 3.48.